The van der Waals surface area contributed by atoms with Gasteiger partial charge in [0.1, 0.15) is 0 Å². The van der Waals surface area contributed by atoms with E-state index < -0.39 is 0 Å². The average Bonchev–Trinajstić information content (AvgIpc) is 1.90. The summed E-state index contributed by atoms with van der Waals surface area (Å²) in [6.45, 7) is 3.63. The van der Waals surface area contributed by atoms with Gasteiger partial charge in [0.05, 0.1) is 0 Å². The molecule has 0 amide bonds. The largest absolute Gasteiger partial charge is 1.00 e. The molecule has 0 heterocycles. The van der Waals surface area contributed by atoms with Gasteiger partial charge in [-0.25, -0.2) is 0 Å². The second-order valence-corrected chi connectivity index (χ2v) is 1.61. The fourth-order valence-corrected chi connectivity index (χ4v) is 0.589. The Labute approximate surface area is 67.8 Å². The van der Waals surface area contributed by atoms with Gasteiger partial charge in [-0.05, 0) is 5.56 Å². The Kier molecular flexibility index (Phi) is 4.22. The van der Waals surface area contributed by atoms with Crippen LogP contribution in [0.4, 0.5) is 0 Å². The summed E-state index contributed by atoms with van der Waals surface area (Å²) >= 11 is 0. The summed E-state index contributed by atoms with van der Waals surface area (Å²) in [4.78, 5) is 0. The van der Waals surface area contributed by atoms with Crippen molar-refractivity contribution >= 4 is 6.08 Å². The van der Waals surface area contributed by atoms with Gasteiger partial charge in [0.2, 0.25) is 0 Å². The fourth-order valence-electron chi connectivity index (χ4n) is 0.589. The second-order valence-electron chi connectivity index (χ2n) is 1.61. The van der Waals surface area contributed by atoms with Crippen molar-refractivity contribution < 1.29 is 18.9 Å². The molecule has 0 bridgehead atoms. The fraction of sp³-hybridized carbons (Fsp3) is 0. The Morgan fingerprint density at radius 2 is 1.67 bits per heavy atom. The van der Waals surface area contributed by atoms with Gasteiger partial charge in [-0.15, -0.1) is 0 Å². The third-order valence-corrected chi connectivity index (χ3v) is 1.04. The summed E-state index contributed by atoms with van der Waals surface area (Å²) in [7, 11) is 0. The van der Waals surface area contributed by atoms with Gasteiger partial charge in [0.25, 0.3) is 0 Å². The predicted octanol–water partition coefficient (Wildman–Crippen LogP) is -0.666. The first-order valence-corrected chi connectivity index (χ1v) is 2.61. The van der Waals surface area contributed by atoms with Gasteiger partial charge in [0, 0.05) is 0 Å². The van der Waals surface area contributed by atoms with E-state index in [1.165, 1.54) is 5.56 Å². The molecule has 1 heteroatoms. The number of benzene rings is 1. The molecule has 0 aliphatic carbocycles. The molecule has 1 aromatic rings. The van der Waals surface area contributed by atoms with Crippen LogP contribution in [-0.4, -0.2) is 0 Å². The van der Waals surface area contributed by atoms with Gasteiger partial charge >= 0.3 is 18.9 Å². The maximum absolute atomic E-state index is 3.63. The van der Waals surface area contributed by atoms with E-state index in [0.717, 1.165) is 0 Å². The number of rotatable bonds is 1. The molecule has 0 N–H and O–H groups in total. The maximum atomic E-state index is 3.63. The molecule has 0 aromatic heterocycles. The second kappa shape index (κ2) is 4.44. The third-order valence-electron chi connectivity index (χ3n) is 1.04. The van der Waals surface area contributed by atoms with Gasteiger partial charge in [-0.2, -0.15) is 0 Å². The van der Waals surface area contributed by atoms with E-state index in [2.05, 4.69) is 6.58 Å². The van der Waals surface area contributed by atoms with Gasteiger partial charge in [0.15, 0.2) is 0 Å². The van der Waals surface area contributed by atoms with Crippen molar-refractivity contribution in [3.63, 3.8) is 0 Å². The first-order valence-electron chi connectivity index (χ1n) is 2.61. The molecular weight excluding hydrogens is 103 g/mol. The molecule has 0 aliphatic rings. The molecule has 0 fully saturated rings. The van der Waals surface area contributed by atoms with Crippen LogP contribution in [0.1, 0.15) is 5.56 Å². The predicted molar refractivity (Wildman–Crippen MR) is 36.5 cm³/mol. The van der Waals surface area contributed by atoms with Crippen LogP contribution in [0.2, 0.25) is 0 Å². The number of hydrogen-bond acceptors (Lipinski definition) is 0. The van der Waals surface area contributed by atoms with Crippen LogP contribution in [0.15, 0.2) is 36.9 Å². The van der Waals surface area contributed by atoms with E-state index in [0.29, 0.717) is 0 Å². The van der Waals surface area contributed by atoms with Crippen molar-refractivity contribution in [2.45, 2.75) is 0 Å². The normalized spacial score (nSPS) is 7.56. The van der Waals surface area contributed by atoms with E-state index >= 15 is 0 Å². The van der Waals surface area contributed by atoms with Crippen molar-refractivity contribution in [2.24, 2.45) is 0 Å². The zero-order chi connectivity index (χ0) is 5.82. The van der Waals surface area contributed by atoms with Crippen LogP contribution in [0.25, 0.3) is 6.08 Å². The quantitative estimate of drug-likeness (QED) is 0.422. The first-order chi connectivity index (χ1) is 3.93. The Morgan fingerprint density at radius 3 is 2.00 bits per heavy atom. The van der Waals surface area contributed by atoms with Crippen LogP contribution < -0.4 is 18.9 Å². The average molecular weight is 111 g/mol. The first kappa shape index (κ1) is 8.56. The van der Waals surface area contributed by atoms with Crippen LogP contribution in [0.5, 0.6) is 0 Å². The van der Waals surface area contributed by atoms with Gasteiger partial charge in [-0.3, -0.25) is 0 Å². The molecular formula is C8H8Li+. The topological polar surface area (TPSA) is 0 Å². The van der Waals surface area contributed by atoms with Crippen LogP contribution >= 0.6 is 0 Å². The Morgan fingerprint density at radius 1 is 1.11 bits per heavy atom. The summed E-state index contributed by atoms with van der Waals surface area (Å²) in [5.41, 5.74) is 1.17. The standard InChI is InChI=1S/C8H8.Li/c1-2-8-6-4-3-5-7-8;/h2-7H,1H2;/q;+1. The molecule has 1 aromatic carbocycles. The molecule has 0 atom stereocenters. The van der Waals surface area contributed by atoms with Crippen molar-refractivity contribution in [1.82, 2.24) is 0 Å². The zero-order valence-electron chi connectivity index (χ0n) is 5.67. The van der Waals surface area contributed by atoms with E-state index in [4.69, 9.17) is 0 Å². The Hall–Kier alpha value is -0.443. The Balaban J connectivity index is 0.000000640. The molecule has 9 heavy (non-hydrogen) atoms. The van der Waals surface area contributed by atoms with E-state index in [9.17, 15) is 0 Å². The molecule has 0 saturated heterocycles. The summed E-state index contributed by atoms with van der Waals surface area (Å²) < 4.78 is 0. The van der Waals surface area contributed by atoms with E-state index in [1.807, 2.05) is 36.4 Å². The molecule has 0 unspecified atom stereocenters. The summed E-state index contributed by atoms with van der Waals surface area (Å²) in [5.74, 6) is 0. The van der Waals surface area contributed by atoms with Crippen LogP contribution in [0.3, 0.4) is 0 Å². The SMILES string of the molecule is C=Cc1ccccc1.[Li+]. The minimum atomic E-state index is 0. The van der Waals surface area contributed by atoms with Crippen LogP contribution in [-0.2, 0) is 0 Å². The minimum Gasteiger partial charge on any atom is -0.0985 e. The molecule has 0 saturated carbocycles. The van der Waals surface area contributed by atoms with Crippen LogP contribution in [0, 0.1) is 0 Å². The van der Waals surface area contributed by atoms with Crippen molar-refractivity contribution in [3.05, 3.63) is 42.5 Å². The molecule has 40 valence electrons. The van der Waals surface area contributed by atoms with Gasteiger partial charge < -0.3 is 0 Å². The monoisotopic (exact) mass is 111 g/mol. The summed E-state index contributed by atoms with van der Waals surface area (Å²) in [6.07, 6.45) is 1.83. The minimum absolute atomic E-state index is 0. The Bertz CT molecular complexity index is 167. The third kappa shape index (κ3) is 2.56. The van der Waals surface area contributed by atoms with E-state index in [-0.39, 0.29) is 18.9 Å². The molecule has 0 nitrogen and oxygen atoms in total. The van der Waals surface area contributed by atoms with Crippen molar-refractivity contribution in [3.8, 4) is 0 Å². The molecule has 0 aliphatic heterocycles. The molecule has 0 spiro atoms. The molecule has 1 rings (SSSR count). The van der Waals surface area contributed by atoms with Gasteiger partial charge in [-0.1, -0.05) is 43.0 Å². The van der Waals surface area contributed by atoms with Crippen molar-refractivity contribution in [2.75, 3.05) is 0 Å². The molecule has 0 radical (unpaired) electrons. The van der Waals surface area contributed by atoms with Crippen molar-refractivity contribution in [1.29, 1.82) is 0 Å². The summed E-state index contributed by atoms with van der Waals surface area (Å²) in [6, 6.07) is 10.0. The summed E-state index contributed by atoms with van der Waals surface area (Å²) in [5, 5.41) is 0. The zero-order valence-corrected chi connectivity index (χ0v) is 5.67. The smallest absolute Gasteiger partial charge is 0.0985 e. The maximum Gasteiger partial charge on any atom is 1.00 e. The number of hydrogen-bond donors (Lipinski definition) is 0. The van der Waals surface area contributed by atoms with E-state index in [1.54, 1.807) is 0 Å².